The summed E-state index contributed by atoms with van der Waals surface area (Å²) in [6.07, 6.45) is 6.46. The van der Waals surface area contributed by atoms with Gasteiger partial charge in [-0.3, -0.25) is 5.32 Å². The number of rotatable bonds is 8. The SMILES string of the molecule is CCOc1cc(-c2ccc(N3CCC(C)(C(O)N[C@H](C)C(C)C)CC3)nc2)c2c(C#N)cnn2c1. The zero-order valence-corrected chi connectivity index (χ0v) is 21.3. The largest absolute Gasteiger partial charge is 0.492 e. The molecule has 1 unspecified atom stereocenters. The maximum atomic E-state index is 10.9. The second kappa shape index (κ2) is 10.2. The Bertz CT molecular complexity index is 1190. The molecule has 0 aromatic carbocycles. The number of pyridine rings is 2. The fourth-order valence-corrected chi connectivity index (χ4v) is 4.54. The third-order valence-electron chi connectivity index (χ3n) is 7.39. The van der Waals surface area contributed by atoms with Gasteiger partial charge < -0.3 is 14.7 Å². The molecule has 2 atom stereocenters. The molecule has 3 aromatic heterocycles. The van der Waals surface area contributed by atoms with E-state index in [1.807, 2.05) is 31.3 Å². The van der Waals surface area contributed by atoms with Crippen LogP contribution in [-0.4, -0.2) is 51.7 Å². The number of anilines is 1. The van der Waals surface area contributed by atoms with Crippen LogP contribution in [0.5, 0.6) is 5.75 Å². The minimum absolute atomic E-state index is 0.166. The summed E-state index contributed by atoms with van der Waals surface area (Å²) < 4.78 is 7.41. The highest BCUT2D eigenvalue weighted by Crippen LogP contribution is 2.36. The van der Waals surface area contributed by atoms with E-state index in [-0.39, 0.29) is 11.5 Å². The zero-order valence-electron chi connectivity index (χ0n) is 21.3. The first kappa shape index (κ1) is 25.0. The van der Waals surface area contributed by atoms with Gasteiger partial charge in [0.05, 0.1) is 30.1 Å². The highest BCUT2D eigenvalue weighted by atomic mass is 16.5. The van der Waals surface area contributed by atoms with E-state index in [4.69, 9.17) is 9.72 Å². The van der Waals surface area contributed by atoms with E-state index < -0.39 is 6.23 Å². The summed E-state index contributed by atoms with van der Waals surface area (Å²) >= 11 is 0. The van der Waals surface area contributed by atoms with Crippen LogP contribution in [0.2, 0.25) is 0 Å². The van der Waals surface area contributed by atoms with E-state index in [9.17, 15) is 10.4 Å². The molecule has 2 N–H and O–H groups in total. The molecule has 0 saturated carbocycles. The summed E-state index contributed by atoms with van der Waals surface area (Å²) in [4.78, 5) is 7.03. The van der Waals surface area contributed by atoms with Crippen LogP contribution in [-0.2, 0) is 0 Å². The highest BCUT2D eigenvalue weighted by molar-refractivity contribution is 5.85. The van der Waals surface area contributed by atoms with Crippen molar-refractivity contribution in [2.75, 3.05) is 24.6 Å². The summed E-state index contributed by atoms with van der Waals surface area (Å²) in [5.74, 6) is 2.08. The number of piperidine rings is 1. The van der Waals surface area contributed by atoms with Crippen molar-refractivity contribution in [3.05, 3.63) is 42.4 Å². The highest BCUT2D eigenvalue weighted by Gasteiger charge is 2.37. The van der Waals surface area contributed by atoms with Crippen molar-refractivity contribution in [2.24, 2.45) is 11.3 Å². The number of fused-ring (bicyclic) bond motifs is 1. The Morgan fingerprint density at radius 2 is 1.97 bits per heavy atom. The average molecular weight is 477 g/mol. The summed E-state index contributed by atoms with van der Waals surface area (Å²) in [5, 5.41) is 28.1. The summed E-state index contributed by atoms with van der Waals surface area (Å²) in [7, 11) is 0. The van der Waals surface area contributed by atoms with Gasteiger partial charge in [0.25, 0.3) is 0 Å². The summed E-state index contributed by atoms with van der Waals surface area (Å²) in [5.41, 5.74) is 2.86. The third-order valence-corrected chi connectivity index (χ3v) is 7.39. The van der Waals surface area contributed by atoms with Gasteiger partial charge in [-0.1, -0.05) is 20.8 Å². The van der Waals surface area contributed by atoms with E-state index >= 15 is 0 Å². The lowest BCUT2D eigenvalue weighted by Gasteiger charge is -2.44. The van der Waals surface area contributed by atoms with Crippen LogP contribution < -0.4 is 15.0 Å². The molecule has 35 heavy (non-hydrogen) atoms. The van der Waals surface area contributed by atoms with Gasteiger partial charge in [-0.2, -0.15) is 10.4 Å². The Kier molecular flexibility index (Phi) is 7.29. The van der Waals surface area contributed by atoms with Gasteiger partial charge in [0, 0.05) is 41.9 Å². The number of nitrogens with one attached hydrogen (secondary N) is 1. The molecule has 186 valence electrons. The topological polar surface area (TPSA) is 98.7 Å². The molecule has 0 amide bonds. The van der Waals surface area contributed by atoms with E-state index in [1.165, 1.54) is 0 Å². The molecule has 8 heteroatoms. The minimum atomic E-state index is -0.526. The summed E-state index contributed by atoms with van der Waals surface area (Å²) in [6, 6.07) is 8.50. The van der Waals surface area contributed by atoms with Gasteiger partial charge >= 0.3 is 0 Å². The Morgan fingerprint density at radius 1 is 1.23 bits per heavy atom. The van der Waals surface area contributed by atoms with Gasteiger partial charge in [0.1, 0.15) is 23.9 Å². The van der Waals surface area contributed by atoms with Crippen molar-refractivity contribution in [3.8, 4) is 22.9 Å². The van der Waals surface area contributed by atoms with Crippen molar-refractivity contribution in [1.82, 2.24) is 19.9 Å². The second-order valence-electron chi connectivity index (χ2n) is 10.1. The van der Waals surface area contributed by atoms with Crippen molar-refractivity contribution in [3.63, 3.8) is 0 Å². The lowest BCUT2D eigenvalue weighted by Crippen LogP contribution is -2.53. The molecule has 4 heterocycles. The molecular weight excluding hydrogens is 440 g/mol. The fourth-order valence-electron chi connectivity index (χ4n) is 4.54. The molecule has 3 aromatic rings. The number of ether oxygens (including phenoxy) is 1. The van der Waals surface area contributed by atoms with Gasteiger partial charge in [0.15, 0.2) is 0 Å². The van der Waals surface area contributed by atoms with Crippen molar-refractivity contribution >= 4 is 11.3 Å². The second-order valence-corrected chi connectivity index (χ2v) is 10.1. The van der Waals surface area contributed by atoms with Crippen molar-refractivity contribution in [1.29, 1.82) is 5.26 Å². The molecule has 0 spiro atoms. The van der Waals surface area contributed by atoms with Crippen LogP contribution in [0.25, 0.3) is 16.6 Å². The Morgan fingerprint density at radius 3 is 2.57 bits per heavy atom. The van der Waals surface area contributed by atoms with Gasteiger partial charge in [-0.05, 0) is 50.8 Å². The smallest absolute Gasteiger partial charge is 0.138 e. The first-order chi connectivity index (χ1) is 16.8. The summed E-state index contributed by atoms with van der Waals surface area (Å²) in [6.45, 7) is 12.8. The van der Waals surface area contributed by atoms with Crippen LogP contribution in [0, 0.1) is 22.7 Å². The van der Waals surface area contributed by atoms with Crippen LogP contribution >= 0.6 is 0 Å². The van der Waals surface area contributed by atoms with Crippen molar-refractivity contribution < 1.29 is 9.84 Å². The molecule has 0 aliphatic carbocycles. The molecular formula is C27H36N6O2. The van der Waals surface area contributed by atoms with Gasteiger partial charge in [-0.15, -0.1) is 0 Å². The molecule has 1 saturated heterocycles. The molecule has 1 aliphatic rings. The van der Waals surface area contributed by atoms with Crippen molar-refractivity contribution in [2.45, 2.75) is 59.7 Å². The Balaban J connectivity index is 1.51. The van der Waals surface area contributed by atoms with Gasteiger partial charge in [0.2, 0.25) is 0 Å². The minimum Gasteiger partial charge on any atom is -0.492 e. The zero-order chi connectivity index (χ0) is 25.2. The Hall–Kier alpha value is -3.15. The van der Waals surface area contributed by atoms with Crippen LogP contribution in [0.4, 0.5) is 5.82 Å². The number of aliphatic hydroxyl groups excluding tert-OH is 1. The molecule has 8 nitrogen and oxygen atoms in total. The molecule has 0 radical (unpaired) electrons. The maximum absolute atomic E-state index is 10.9. The fraction of sp³-hybridized carbons (Fsp3) is 0.519. The normalized spacial score (nSPS) is 17.4. The number of hydrogen-bond acceptors (Lipinski definition) is 7. The lowest BCUT2D eigenvalue weighted by atomic mass is 9.78. The quantitative estimate of drug-likeness (QED) is 0.470. The monoisotopic (exact) mass is 476 g/mol. The number of aliphatic hydroxyl groups is 1. The third kappa shape index (κ3) is 5.12. The number of aromatic nitrogens is 3. The van der Waals surface area contributed by atoms with E-state index in [0.29, 0.717) is 23.8 Å². The van der Waals surface area contributed by atoms with Crippen LogP contribution in [0.15, 0.2) is 36.8 Å². The van der Waals surface area contributed by atoms with E-state index in [2.05, 4.69) is 49.1 Å². The predicted molar refractivity (Wildman–Crippen MR) is 137 cm³/mol. The maximum Gasteiger partial charge on any atom is 0.138 e. The Labute approximate surface area is 207 Å². The van der Waals surface area contributed by atoms with Gasteiger partial charge in [-0.25, -0.2) is 9.50 Å². The number of hydrogen-bond donors (Lipinski definition) is 2. The predicted octanol–water partition coefficient (Wildman–Crippen LogP) is 4.23. The van der Waals surface area contributed by atoms with Crippen LogP contribution in [0.1, 0.15) is 53.0 Å². The molecule has 1 fully saturated rings. The molecule has 4 rings (SSSR count). The number of nitrogens with zero attached hydrogens (tertiary/aromatic N) is 5. The average Bonchev–Trinajstić information content (AvgIpc) is 3.27. The first-order valence-electron chi connectivity index (χ1n) is 12.5. The van der Waals surface area contributed by atoms with E-state index in [0.717, 1.165) is 48.4 Å². The lowest BCUT2D eigenvalue weighted by molar-refractivity contribution is -0.0162. The standard InChI is InChI=1S/C27H36N6O2/c1-6-35-22-13-23(25-21(14-28)16-30-33(25)17-22)20-7-8-24(29-15-20)32-11-9-27(5,10-12-32)26(34)31-19(4)18(2)3/h7-8,13,15-19,26,31,34H,6,9-12H2,1-5H3/t19-,26?/m1/s1. The number of nitriles is 1. The van der Waals surface area contributed by atoms with Crippen LogP contribution in [0.3, 0.4) is 0 Å². The first-order valence-corrected chi connectivity index (χ1v) is 12.5. The molecule has 1 aliphatic heterocycles. The van der Waals surface area contributed by atoms with E-state index in [1.54, 1.807) is 16.9 Å². The molecule has 0 bridgehead atoms.